The molecule has 2 aromatic rings. The van der Waals surface area contributed by atoms with E-state index in [0.29, 0.717) is 12.5 Å². The van der Waals surface area contributed by atoms with E-state index >= 15 is 0 Å². The minimum Gasteiger partial charge on any atom is -0.322 e. The first kappa shape index (κ1) is 22.3. The molecular weight excluding hydrogens is 397 g/mol. The second-order valence-corrected chi connectivity index (χ2v) is 6.15. The topological polar surface area (TPSA) is 61.4 Å². The van der Waals surface area contributed by atoms with Gasteiger partial charge in [0.15, 0.2) is 17.5 Å². The molecule has 10 heteroatoms. The Hall–Kier alpha value is -3.01. The highest BCUT2D eigenvalue weighted by Gasteiger charge is 2.18. The van der Waals surface area contributed by atoms with Crippen molar-refractivity contribution < 1.29 is 31.5 Å². The molecule has 2 aromatic carbocycles. The van der Waals surface area contributed by atoms with Crippen LogP contribution in [0, 0.1) is 29.1 Å². The lowest BCUT2D eigenvalue weighted by atomic mass is 10.2. The summed E-state index contributed by atoms with van der Waals surface area (Å²) in [6, 6.07) is 4.11. The first-order chi connectivity index (χ1) is 13.7. The SMILES string of the molecule is CCCN(CC(=O)Nc1cc(F)ccc1F)CC(=O)Nc1ccc(F)c(F)c1F. The summed E-state index contributed by atoms with van der Waals surface area (Å²) in [7, 11) is 0. The van der Waals surface area contributed by atoms with Gasteiger partial charge in [0, 0.05) is 6.07 Å². The van der Waals surface area contributed by atoms with Gasteiger partial charge in [0.1, 0.15) is 11.6 Å². The molecular formula is C19H18F5N3O2. The minimum atomic E-state index is -1.72. The zero-order valence-corrected chi connectivity index (χ0v) is 15.4. The Balaban J connectivity index is 2.00. The van der Waals surface area contributed by atoms with Crippen molar-refractivity contribution in [2.24, 2.45) is 0 Å². The van der Waals surface area contributed by atoms with Crippen LogP contribution in [0.3, 0.4) is 0 Å². The molecule has 2 amide bonds. The molecule has 0 aliphatic heterocycles. The predicted octanol–water partition coefficient (Wildman–Crippen LogP) is 3.67. The third-order valence-corrected chi connectivity index (χ3v) is 3.79. The van der Waals surface area contributed by atoms with Gasteiger partial charge in [0.05, 0.1) is 24.5 Å². The molecule has 2 rings (SSSR count). The van der Waals surface area contributed by atoms with Gasteiger partial charge in [-0.25, -0.2) is 22.0 Å². The molecule has 0 atom stereocenters. The number of halogens is 5. The van der Waals surface area contributed by atoms with E-state index in [1.807, 2.05) is 0 Å². The molecule has 0 saturated carbocycles. The summed E-state index contributed by atoms with van der Waals surface area (Å²) in [4.78, 5) is 25.6. The average molecular weight is 415 g/mol. The van der Waals surface area contributed by atoms with Crippen molar-refractivity contribution >= 4 is 23.2 Å². The Morgan fingerprint density at radius 2 is 1.41 bits per heavy atom. The molecule has 0 aliphatic rings. The van der Waals surface area contributed by atoms with E-state index in [1.54, 1.807) is 6.92 Å². The number of nitrogens with one attached hydrogen (secondary N) is 2. The zero-order valence-electron chi connectivity index (χ0n) is 15.4. The van der Waals surface area contributed by atoms with Gasteiger partial charge >= 0.3 is 0 Å². The first-order valence-corrected chi connectivity index (χ1v) is 8.61. The van der Waals surface area contributed by atoms with Crippen molar-refractivity contribution in [1.29, 1.82) is 0 Å². The van der Waals surface area contributed by atoms with Gasteiger partial charge in [-0.05, 0) is 37.2 Å². The van der Waals surface area contributed by atoms with Crippen molar-refractivity contribution in [3.05, 3.63) is 59.4 Å². The first-order valence-electron chi connectivity index (χ1n) is 8.61. The smallest absolute Gasteiger partial charge is 0.238 e. The number of amides is 2. The number of carbonyl (C=O) groups excluding carboxylic acids is 2. The number of hydrogen-bond acceptors (Lipinski definition) is 3. The standard InChI is InChI=1S/C19H18F5N3O2/c1-2-7-27(10-17(29)26-15-8-11(20)3-4-12(15)21)9-16(28)25-14-6-5-13(22)18(23)19(14)24/h3-6,8H,2,7,9-10H2,1H3,(H,25,28)(H,26,29). The fraction of sp³-hybridized carbons (Fsp3) is 0.263. The Morgan fingerprint density at radius 1 is 0.828 bits per heavy atom. The summed E-state index contributed by atoms with van der Waals surface area (Å²) in [6.07, 6.45) is 0.550. The zero-order chi connectivity index (χ0) is 21.6. The fourth-order valence-corrected chi connectivity index (χ4v) is 2.53. The van der Waals surface area contributed by atoms with E-state index in [9.17, 15) is 31.5 Å². The largest absolute Gasteiger partial charge is 0.322 e. The van der Waals surface area contributed by atoms with Crippen molar-refractivity contribution in [3.63, 3.8) is 0 Å². The summed E-state index contributed by atoms with van der Waals surface area (Å²) in [5.74, 6) is -7.69. The van der Waals surface area contributed by atoms with Crippen LogP contribution in [0.2, 0.25) is 0 Å². The second-order valence-electron chi connectivity index (χ2n) is 6.15. The Morgan fingerprint density at radius 3 is 2.03 bits per heavy atom. The molecule has 0 fully saturated rings. The molecule has 156 valence electrons. The van der Waals surface area contributed by atoms with E-state index in [-0.39, 0.29) is 25.3 Å². The summed E-state index contributed by atoms with van der Waals surface area (Å²) in [6.45, 7) is 1.36. The van der Waals surface area contributed by atoms with Crippen molar-refractivity contribution in [1.82, 2.24) is 4.90 Å². The Bertz CT molecular complexity index is 908. The molecule has 0 aliphatic carbocycles. The number of nitrogens with zero attached hydrogens (tertiary/aromatic N) is 1. The van der Waals surface area contributed by atoms with Crippen LogP contribution < -0.4 is 10.6 Å². The Labute approximate surface area is 163 Å². The third-order valence-electron chi connectivity index (χ3n) is 3.79. The van der Waals surface area contributed by atoms with Crippen molar-refractivity contribution in [2.45, 2.75) is 13.3 Å². The van der Waals surface area contributed by atoms with E-state index in [4.69, 9.17) is 0 Å². The van der Waals surface area contributed by atoms with E-state index in [1.165, 1.54) is 4.90 Å². The molecule has 0 aromatic heterocycles. The molecule has 0 heterocycles. The highest BCUT2D eigenvalue weighted by molar-refractivity contribution is 5.94. The molecule has 29 heavy (non-hydrogen) atoms. The lowest BCUT2D eigenvalue weighted by Crippen LogP contribution is -2.39. The van der Waals surface area contributed by atoms with E-state index in [0.717, 1.165) is 24.3 Å². The van der Waals surface area contributed by atoms with E-state index in [2.05, 4.69) is 10.6 Å². The number of rotatable bonds is 8. The van der Waals surface area contributed by atoms with Crippen LogP contribution in [-0.4, -0.2) is 36.3 Å². The lowest BCUT2D eigenvalue weighted by Gasteiger charge is -2.21. The van der Waals surface area contributed by atoms with Crippen LogP contribution in [0.25, 0.3) is 0 Å². The maximum Gasteiger partial charge on any atom is 0.238 e. The van der Waals surface area contributed by atoms with Crippen molar-refractivity contribution in [3.8, 4) is 0 Å². The van der Waals surface area contributed by atoms with Crippen LogP contribution in [0.1, 0.15) is 13.3 Å². The molecule has 0 unspecified atom stereocenters. The quantitative estimate of drug-likeness (QED) is 0.511. The molecule has 0 spiro atoms. The van der Waals surface area contributed by atoms with Gasteiger partial charge < -0.3 is 10.6 Å². The predicted molar refractivity (Wildman–Crippen MR) is 96.7 cm³/mol. The molecule has 5 nitrogen and oxygen atoms in total. The lowest BCUT2D eigenvalue weighted by molar-refractivity contribution is -0.120. The van der Waals surface area contributed by atoms with Gasteiger partial charge in [-0.2, -0.15) is 0 Å². The number of carbonyl (C=O) groups is 2. The van der Waals surface area contributed by atoms with Gasteiger partial charge in [-0.1, -0.05) is 6.92 Å². The summed E-state index contributed by atoms with van der Waals surface area (Å²) in [5, 5.41) is 4.31. The summed E-state index contributed by atoms with van der Waals surface area (Å²) in [5.41, 5.74) is -0.892. The fourth-order valence-electron chi connectivity index (χ4n) is 2.53. The summed E-state index contributed by atoms with van der Waals surface area (Å²) < 4.78 is 66.7. The number of benzene rings is 2. The maximum absolute atomic E-state index is 13.7. The normalized spacial score (nSPS) is 10.9. The highest BCUT2D eigenvalue weighted by atomic mass is 19.2. The maximum atomic E-state index is 13.7. The molecule has 0 radical (unpaired) electrons. The van der Waals surface area contributed by atoms with Crippen molar-refractivity contribution in [2.75, 3.05) is 30.3 Å². The van der Waals surface area contributed by atoms with Gasteiger partial charge in [-0.15, -0.1) is 0 Å². The monoisotopic (exact) mass is 415 g/mol. The third kappa shape index (κ3) is 6.24. The van der Waals surface area contributed by atoms with Gasteiger partial charge in [0.25, 0.3) is 0 Å². The van der Waals surface area contributed by atoms with Crippen LogP contribution >= 0.6 is 0 Å². The molecule has 0 saturated heterocycles. The van der Waals surface area contributed by atoms with Crippen LogP contribution in [0.4, 0.5) is 33.3 Å². The van der Waals surface area contributed by atoms with Crippen LogP contribution in [0.15, 0.2) is 30.3 Å². The van der Waals surface area contributed by atoms with Gasteiger partial charge in [-0.3, -0.25) is 14.5 Å². The van der Waals surface area contributed by atoms with Crippen LogP contribution in [-0.2, 0) is 9.59 Å². The molecule has 0 bridgehead atoms. The minimum absolute atomic E-state index is 0.284. The Kier molecular flexibility index (Phi) is 7.66. The van der Waals surface area contributed by atoms with E-state index < -0.39 is 46.6 Å². The second kappa shape index (κ2) is 9.97. The summed E-state index contributed by atoms with van der Waals surface area (Å²) >= 11 is 0. The number of hydrogen-bond donors (Lipinski definition) is 2. The number of anilines is 2. The van der Waals surface area contributed by atoms with Crippen LogP contribution in [0.5, 0.6) is 0 Å². The van der Waals surface area contributed by atoms with Gasteiger partial charge in [0.2, 0.25) is 11.8 Å². The average Bonchev–Trinajstić information content (AvgIpc) is 2.65. The molecule has 2 N–H and O–H groups in total. The highest BCUT2D eigenvalue weighted by Crippen LogP contribution is 2.19.